The van der Waals surface area contributed by atoms with Gasteiger partial charge in [-0.3, -0.25) is 4.68 Å². The van der Waals surface area contributed by atoms with Gasteiger partial charge in [-0.05, 0) is 38.2 Å². The number of anilines is 2. The monoisotopic (exact) mass is 465 g/mol. The Morgan fingerprint density at radius 1 is 1.18 bits per heavy atom. The van der Waals surface area contributed by atoms with Crippen LogP contribution in [0, 0.1) is 0 Å². The molecule has 0 saturated heterocycles. The molecule has 12 nitrogen and oxygen atoms in total. The Hall–Kier alpha value is -3.90. The van der Waals surface area contributed by atoms with Crippen LogP contribution in [0.15, 0.2) is 42.9 Å². The van der Waals surface area contributed by atoms with E-state index in [1.54, 1.807) is 17.1 Å². The molecule has 0 unspecified atom stereocenters. The Morgan fingerprint density at radius 2 is 2.03 bits per heavy atom. The first-order chi connectivity index (χ1) is 16.7. The Morgan fingerprint density at radius 3 is 2.82 bits per heavy atom. The molecule has 0 spiro atoms. The predicted molar refractivity (Wildman–Crippen MR) is 126 cm³/mol. The molecule has 0 aliphatic rings. The maximum atomic E-state index is 10.3. The Bertz CT molecular complexity index is 1210. The molecule has 4 aromatic rings. The van der Waals surface area contributed by atoms with Gasteiger partial charge in [0, 0.05) is 19.3 Å². The highest BCUT2D eigenvalue weighted by Crippen LogP contribution is 2.20. The summed E-state index contributed by atoms with van der Waals surface area (Å²) in [6, 6.07) is 7.58. The fourth-order valence-electron chi connectivity index (χ4n) is 3.23. The summed E-state index contributed by atoms with van der Waals surface area (Å²) in [6.07, 6.45) is 6.01. The van der Waals surface area contributed by atoms with Gasteiger partial charge in [-0.2, -0.15) is 14.8 Å². The number of carbonyl (C=O) groups excluding carboxylic acids is 1. The smallest absolute Gasteiger partial charge is 0.229 e. The molecule has 12 heteroatoms. The average molecular weight is 466 g/mol. The number of carbonyl (C=O) groups is 1. The number of hydrogen-bond acceptors (Lipinski definition) is 10. The zero-order chi connectivity index (χ0) is 23.8. The van der Waals surface area contributed by atoms with Crippen molar-refractivity contribution in [3.05, 3.63) is 42.9 Å². The summed E-state index contributed by atoms with van der Waals surface area (Å²) in [5.74, 6) is 1.22. The zero-order valence-corrected chi connectivity index (χ0v) is 19.2. The molecule has 0 bridgehead atoms. The predicted octanol–water partition coefficient (Wildman–Crippen LogP) is 1.70. The number of aromatic nitrogens is 7. The standard InChI is InChI=1S/C22H27N9O3/c1-3-34-19-6-4-18(5-7-19)31-21-20(27-28-31)15-23-22(26-21)25-17-14-24-30(16-17)9-8-29(2)10-12-33-13-11-32/h4-7,11,14-16H,3,8-10,12-13H2,1-2H3,(H,23,25,26). The third-order valence-corrected chi connectivity index (χ3v) is 4.99. The minimum Gasteiger partial charge on any atom is -0.494 e. The number of ether oxygens (including phenoxy) is 2. The number of aldehydes is 1. The number of rotatable bonds is 13. The molecule has 0 radical (unpaired) electrons. The quantitative estimate of drug-likeness (QED) is 0.230. The normalized spacial score (nSPS) is 11.3. The van der Waals surface area contributed by atoms with Crippen molar-refractivity contribution < 1.29 is 14.3 Å². The van der Waals surface area contributed by atoms with Crippen molar-refractivity contribution in [1.29, 1.82) is 0 Å². The molecule has 0 aliphatic carbocycles. The molecule has 0 aliphatic heterocycles. The average Bonchev–Trinajstić information content (AvgIpc) is 3.48. The minimum absolute atomic E-state index is 0.132. The summed E-state index contributed by atoms with van der Waals surface area (Å²) in [7, 11) is 2.00. The molecule has 0 atom stereocenters. The van der Waals surface area contributed by atoms with Crippen molar-refractivity contribution in [3.63, 3.8) is 0 Å². The number of hydrogen-bond donors (Lipinski definition) is 1. The number of fused-ring (bicyclic) bond motifs is 1. The van der Waals surface area contributed by atoms with Gasteiger partial charge >= 0.3 is 0 Å². The highest BCUT2D eigenvalue weighted by atomic mass is 16.5. The second kappa shape index (κ2) is 11.3. The third kappa shape index (κ3) is 5.91. The largest absolute Gasteiger partial charge is 0.494 e. The number of benzene rings is 1. The van der Waals surface area contributed by atoms with Gasteiger partial charge in [0.15, 0.2) is 11.2 Å². The van der Waals surface area contributed by atoms with Crippen LogP contribution in [0.3, 0.4) is 0 Å². The number of nitrogens with zero attached hydrogens (tertiary/aromatic N) is 8. The molecular weight excluding hydrogens is 438 g/mol. The molecule has 178 valence electrons. The maximum absolute atomic E-state index is 10.3. The Labute approximate surface area is 196 Å². The van der Waals surface area contributed by atoms with E-state index in [0.29, 0.717) is 36.9 Å². The SMILES string of the molecule is CCOc1ccc(-n2nnc3cnc(Nc4cnn(CCN(C)CCOCC=O)c4)nc32)cc1. The molecule has 1 aromatic carbocycles. The van der Waals surface area contributed by atoms with E-state index in [-0.39, 0.29) is 6.61 Å². The van der Waals surface area contributed by atoms with Gasteiger partial charge < -0.3 is 24.5 Å². The Balaban J connectivity index is 1.39. The molecular formula is C22H27N9O3. The van der Waals surface area contributed by atoms with Crippen molar-refractivity contribution in [1.82, 2.24) is 39.6 Å². The number of likely N-dealkylation sites (N-methyl/N-ethyl adjacent to an activating group) is 1. The molecule has 4 rings (SSSR count). The van der Waals surface area contributed by atoms with Crippen LogP contribution in [0.4, 0.5) is 11.6 Å². The van der Waals surface area contributed by atoms with Crippen LogP contribution in [-0.2, 0) is 16.1 Å². The molecule has 0 amide bonds. The van der Waals surface area contributed by atoms with Gasteiger partial charge in [-0.1, -0.05) is 5.21 Å². The molecule has 0 saturated carbocycles. The fourth-order valence-corrected chi connectivity index (χ4v) is 3.23. The fraction of sp³-hybridized carbons (Fsp3) is 0.364. The highest BCUT2D eigenvalue weighted by molar-refractivity contribution is 5.72. The summed E-state index contributed by atoms with van der Waals surface area (Å²) in [5.41, 5.74) is 2.78. The number of nitrogens with one attached hydrogen (secondary N) is 1. The molecule has 3 aromatic heterocycles. The topological polar surface area (TPSA) is 125 Å². The second-order valence-corrected chi connectivity index (χ2v) is 7.49. The van der Waals surface area contributed by atoms with Crippen molar-refractivity contribution in [2.24, 2.45) is 0 Å². The highest BCUT2D eigenvalue weighted by Gasteiger charge is 2.11. The lowest BCUT2D eigenvalue weighted by molar-refractivity contribution is -0.111. The third-order valence-electron chi connectivity index (χ3n) is 4.99. The van der Waals surface area contributed by atoms with Crippen LogP contribution < -0.4 is 10.1 Å². The van der Waals surface area contributed by atoms with E-state index in [9.17, 15) is 4.79 Å². The van der Waals surface area contributed by atoms with Gasteiger partial charge in [-0.25, -0.2) is 4.98 Å². The lowest BCUT2D eigenvalue weighted by Crippen LogP contribution is -2.27. The van der Waals surface area contributed by atoms with E-state index >= 15 is 0 Å². The summed E-state index contributed by atoms with van der Waals surface area (Å²) >= 11 is 0. The lowest BCUT2D eigenvalue weighted by atomic mass is 10.3. The van der Waals surface area contributed by atoms with E-state index in [0.717, 1.165) is 36.5 Å². The van der Waals surface area contributed by atoms with Gasteiger partial charge in [0.05, 0.1) is 43.5 Å². The van der Waals surface area contributed by atoms with Crippen molar-refractivity contribution >= 4 is 29.1 Å². The van der Waals surface area contributed by atoms with E-state index in [1.807, 2.05) is 49.1 Å². The molecule has 3 heterocycles. The van der Waals surface area contributed by atoms with Gasteiger partial charge in [-0.15, -0.1) is 5.10 Å². The van der Waals surface area contributed by atoms with Gasteiger partial charge in [0.25, 0.3) is 0 Å². The minimum atomic E-state index is 0.132. The molecule has 0 fully saturated rings. The first-order valence-electron chi connectivity index (χ1n) is 11.0. The molecule has 1 N–H and O–H groups in total. The Kier molecular flexibility index (Phi) is 7.73. The van der Waals surface area contributed by atoms with Crippen LogP contribution in [0.5, 0.6) is 5.75 Å². The summed E-state index contributed by atoms with van der Waals surface area (Å²) in [5, 5.41) is 15.9. The van der Waals surface area contributed by atoms with E-state index in [2.05, 4.69) is 35.6 Å². The van der Waals surface area contributed by atoms with Crippen LogP contribution >= 0.6 is 0 Å². The van der Waals surface area contributed by atoms with Crippen LogP contribution in [0.25, 0.3) is 16.9 Å². The van der Waals surface area contributed by atoms with Crippen molar-refractivity contribution in [3.8, 4) is 11.4 Å². The molecule has 34 heavy (non-hydrogen) atoms. The maximum Gasteiger partial charge on any atom is 0.229 e. The van der Waals surface area contributed by atoms with E-state index < -0.39 is 0 Å². The van der Waals surface area contributed by atoms with Crippen molar-refractivity contribution in [2.45, 2.75) is 13.5 Å². The van der Waals surface area contributed by atoms with Gasteiger partial charge in [0.1, 0.15) is 18.6 Å². The summed E-state index contributed by atoms with van der Waals surface area (Å²) in [4.78, 5) is 21.3. The lowest BCUT2D eigenvalue weighted by Gasteiger charge is -2.15. The van der Waals surface area contributed by atoms with Crippen molar-refractivity contribution in [2.75, 3.05) is 45.3 Å². The van der Waals surface area contributed by atoms with E-state index in [4.69, 9.17) is 9.47 Å². The zero-order valence-electron chi connectivity index (χ0n) is 19.2. The van der Waals surface area contributed by atoms with Crippen LogP contribution in [-0.4, -0.2) is 85.9 Å². The summed E-state index contributed by atoms with van der Waals surface area (Å²) < 4.78 is 14.2. The second-order valence-electron chi connectivity index (χ2n) is 7.49. The van der Waals surface area contributed by atoms with Gasteiger partial charge in [0.2, 0.25) is 5.95 Å². The first-order valence-corrected chi connectivity index (χ1v) is 11.0. The first kappa shape index (κ1) is 23.3. The summed E-state index contributed by atoms with van der Waals surface area (Å²) in [6.45, 7) is 5.45. The van der Waals surface area contributed by atoms with Crippen LogP contribution in [0.2, 0.25) is 0 Å². The van der Waals surface area contributed by atoms with E-state index in [1.165, 1.54) is 0 Å². The van der Waals surface area contributed by atoms with Crippen LogP contribution in [0.1, 0.15) is 6.92 Å².